The molecule has 0 aliphatic heterocycles. The second kappa shape index (κ2) is 2.78. The Kier molecular flexibility index (Phi) is 2.14. The predicted octanol–water partition coefficient (Wildman–Crippen LogP) is 3.04. The highest BCUT2D eigenvalue weighted by Gasteiger charge is 2.20. The van der Waals surface area contributed by atoms with Gasteiger partial charge in [-0.15, -0.1) is 0 Å². The fraction of sp³-hybridized carbons (Fsp3) is 0.444. The first kappa shape index (κ1) is 8.47. The van der Waals surface area contributed by atoms with Crippen molar-refractivity contribution in [2.24, 2.45) is 5.41 Å². The van der Waals surface area contributed by atoms with Crippen molar-refractivity contribution in [1.29, 1.82) is 0 Å². The SMILES string of the molecule is CC(C)(C)C(=S)c1ccco1. The molecule has 0 spiro atoms. The highest BCUT2D eigenvalue weighted by Crippen LogP contribution is 2.21. The van der Waals surface area contributed by atoms with Crippen molar-refractivity contribution in [1.82, 2.24) is 0 Å². The molecule has 0 amide bonds. The van der Waals surface area contributed by atoms with Gasteiger partial charge >= 0.3 is 0 Å². The number of furan rings is 1. The molecular formula is C9H12OS. The lowest BCUT2D eigenvalue weighted by atomic mass is 9.91. The van der Waals surface area contributed by atoms with E-state index in [9.17, 15) is 0 Å². The van der Waals surface area contributed by atoms with Crippen molar-refractivity contribution in [2.75, 3.05) is 0 Å². The standard InChI is InChI=1S/C9H12OS/c1-9(2,3)8(11)7-5-4-6-10-7/h4-6H,1-3H3. The molecule has 0 unspecified atom stereocenters. The van der Waals surface area contributed by atoms with Gasteiger partial charge in [-0.05, 0) is 12.1 Å². The van der Waals surface area contributed by atoms with E-state index in [4.69, 9.17) is 16.6 Å². The monoisotopic (exact) mass is 168 g/mol. The van der Waals surface area contributed by atoms with E-state index >= 15 is 0 Å². The zero-order chi connectivity index (χ0) is 8.48. The van der Waals surface area contributed by atoms with Gasteiger partial charge in [0.25, 0.3) is 0 Å². The molecule has 0 N–H and O–H groups in total. The van der Waals surface area contributed by atoms with E-state index in [1.807, 2.05) is 12.1 Å². The molecule has 1 aromatic heterocycles. The zero-order valence-corrected chi connectivity index (χ0v) is 7.87. The van der Waals surface area contributed by atoms with Gasteiger partial charge in [0.15, 0.2) is 0 Å². The van der Waals surface area contributed by atoms with Gasteiger partial charge < -0.3 is 4.42 Å². The Bertz CT molecular complexity index is 241. The Balaban J connectivity index is 2.88. The lowest BCUT2D eigenvalue weighted by molar-refractivity contribution is 0.530. The van der Waals surface area contributed by atoms with Gasteiger partial charge in [-0.1, -0.05) is 33.0 Å². The summed E-state index contributed by atoms with van der Waals surface area (Å²) in [5, 5.41) is 0. The van der Waals surface area contributed by atoms with Crippen molar-refractivity contribution < 1.29 is 4.42 Å². The van der Waals surface area contributed by atoms with Gasteiger partial charge in [0.2, 0.25) is 0 Å². The van der Waals surface area contributed by atoms with Crippen LogP contribution in [0, 0.1) is 5.41 Å². The van der Waals surface area contributed by atoms with Crippen molar-refractivity contribution >= 4 is 17.1 Å². The second-order valence-corrected chi connectivity index (χ2v) is 3.96. The first-order valence-electron chi connectivity index (χ1n) is 3.60. The molecule has 0 bridgehead atoms. The summed E-state index contributed by atoms with van der Waals surface area (Å²) in [7, 11) is 0. The van der Waals surface area contributed by atoms with Gasteiger partial charge in [0.05, 0.1) is 11.1 Å². The average molecular weight is 168 g/mol. The maximum atomic E-state index is 5.22. The zero-order valence-electron chi connectivity index (χ0n) is 7.05. The molecule has 0 fully saturated rings. The van der Waals surface area contributed by atoms with Gasteiger partial charge in [0, 0.05) is 5.41 Å². The lowest BCUT2D eigenvalue weighted by Crippen LogP contribution is -2.18. The van der Waals surface area contributed by atoms with Gasteiger partial charge in [-0.25, -0.2) is 0 Å². The van der Waals surface area contributed by atoms with E-state index in [2.05, 4.69) is 20.8 Å². The van der Waals surface area contributed by atoms with Crippen LogP contribution in [0.3, 0.4) is 0 Å². The summed E-state index contributed by atoms with van der Waals surface area (Å²) < 4.78 is 5.18. The number of hydrogen-bond acceptors (Lipinski definition) is 2. The molecule has 0 aliphatic carbocycles. The molecule has 0 saturated heterocycles. The van der Waals surface area contributed by atoms with Gasteiger partial charge in [0.1, 0.15) is 5.76 Å². The quantitative estimate of drug-likeness (QED) is 0.472. The summed E-state index contributed by atoms with van der Waals surface area (Å²) in [6.07, 6.45) is 1.65. The number of thiocarbonyl (C=S) groups is 1. The van der Waals surface area contributed by atoms with Gasteiger partial charge in [-0.3, -0.25) is 0 Å². The van der Waals surface area contributed by atoms with E-state index < -0.39 is 0 Å². The van der Waals surface area contributed by atoms with Crippen LogP contribution in [0.2, 0.25) is 0 Å². The Labute approximate surface area is 72.4 Å². The lowest BCUT2D eigenvalue weighted by Gasteiger charge is -2.17. The molecule has 0 saturated carbocycles. The summed E-state index contributed by atoms with van der Waals surface area (Å²) in [5.41, 5.74) is 0.0210. The topological polar surface area (TPSA) is 13.1 Å². The van der Waals surface area contributed by atoms with Crippen molar-refractivity contribution in [3.8, 4) is 0 Å². The van der Waals surface area contributed by atoms with Crippen molar-refractivity contribution in [3.63, 3.8) is 0 Å². The molecule has 1 aromatic rings. The van der Waals surface area contributed by atoms with Crippen LogP contribution < -0.4 is 0 Å². The Morgan fingerprint density at radius 1 is 1.45 bits per heavy atom. The molecule has 60 valence electrons. The minimum absolute atomic E-state index is 0.0210. The summed E-state index contributed by atoms with van der Waals surface area (Å²) >= 11 is 5.22. The maximum Gasteiger partial charge on any atom is 0.141 e. The van der Waals surface area contributed by atoms with E-state index in [0.717, 1.165) is 10.6 Å². The van der Waals surface area contributed by atoms with Crippen LogP contribution in [0.1, 0.15) is 26.5 Å². The first-order chi connectivity index (χ1) is 5.02. The van der Waals surface area contributed by atoms with E-state index in [0.29, 0.717) is 0 Å². The normalized spacial score (nSPS) is 11.5. The van der Waals surface area contributed by atoms with Crippen LogP contribution in [0.5, 0.6) is 0 Å². The molecule has 2 heteroatoms. The Hall–Kier alpha value is -0.630. The summed E-state index contributed by atoms with van der Waals surface area (Å²) in [6, 6.07) is 3.75. The smallest absolute Gasteiger partial charge is 0.141 e. The first-order valence-corrected chi connectivity index (χ1v) is 4.01. The molecule has 0 radical (unpaired) electrons. The fourth-order valence-electron chi connectivity index (χ4n) is 0.777. The molecule has 11 heavy (non-hydrogen) atoms. The highest BCUT2D eigenvalue weighted by molar-refractivity contribution is 7.80. The third kappa shape index (κ3) is 1.90. The summed E-state index contributed by atoms with van der Waals surface area (Å²) in [5.74, 6) is 0.813. The Morgan fingerprint density at radius 2 is 2.09 bits per heavy atom. The van der Waals surface area contributed by atoms with Crippen LogP contribution in [-0.4, -0.2) is 4.86 Å². The summed E-state index contributed by atoms with van der Waals surface area (Å²) in [4.78, 5) is 0.877. The minimum Gasteiger partial charge on any atom is -0.464 e. The number of hydrogen-bond donors (Lipinski definition) is 0. The van der Waals surface area contributed by atoms with Crippen LogP contribution in [-0.2, 0) is 0 Å². The van der Waals surface area contributed by atoms with E-state index in [-0.39, 0.29) is 5.41 Å². The number of rotatable bonds is 1. The van der Waals surface area contributed by atoms with E-state index in [1.54, 1.807) is 6.26 Å². The maximum absolute atomic E-state index is 5.22. The van der Waals surface area contributed by atoms with Crippen LogP contribution in [0.25, 0.3) is 0 Å². The van der Waals surface area contributed by atoms with Crippen LogP contribution in [0.4, 0.5) is 0 Å². The van der Waals surface area contributed by atoms with Crippen LogP contribution >= 0.6 is 12.2 Å². The van der Waals surface area contributed by atoms with Gasteiger partial charge in [-0.2, -0.15) is 0 Å². The molecule has 0 atom stereocenters. The summed E-state index contributed by atoms with van der Waals surface area (Å²) in [6.45, 7) is 6.24. The second-order valence-electron chi connectivity index (χ2n) is 3.56. The molecule has 1 heterocycles. The third-order valence-corrected chi connectivity index (χ3v) is 2.24. The molecule has 1 nitrogen and oxygen atoms in total. The fourth-order valence-corrected chi connectivity index (χ4v) is 0.894. The molecular weight excluding hydrogens is 156 g/mol. The minimum atomic E-state index is 0.0210. The highest BCUT2D eigenvalue weighted by atomic mass is 32.1. The predicted molar refractivity (Wildman–Crippen MR) is 49.9 cm³/mol. The van der Waals surface area contributed by atoms with E-state index in [1.165, 1.54) is 0 Å². The van der Waals surface area contributed by atoms with Crippen molar-refractivity contribution in [2.45, 2.75) is 20.8 Å². The third-order valence-electron chi connectivity index (χ3n) is 1.43. The van der Waals surface area contributed by atoms with Crippen LogP contribution in [0.15, 0.2) is 22.8 Å². The molecule has 0 aromatic carbocycles. The molecule has 0 aliphatic rings. The average Bonchev–Trinajstić information content (AvgIpc) is 2.34. The largest absolute Gasteiger partial charge is 0.464 e. The Morgan fingerprint density at radius 3 is 2.45 bits per heavy atom. The van der Waals surface area contributed by atoms with Crippen molar-refractivity contribution in [3.05, 3.63) is 24.2 Å². The molecule has 1 rings (SSSR count).